The van der Waals surface area contributed by atoms with Crippen LogP contribution >= 0.6 is 11.3 Å². The summed E-state index contributed by atoms with van der Waals surface area (Å²) < 4.78 is 29.2. The first-order valence-corrected chi connectivity index (χ1v) is 9.52. The minimum absolute atomic E-state index is 0.00995. The normalized spacial score (nSPS) is 10.9. The Labute approximate surface area is 172 Å². The fourth-order valence-corrected chi connectivity index (χ4v) is 3.52. The molecule has 0 saturated heterocycles. The zero-order valence-electron chi connectivity index (χ0n) is 15.5. The molecule has 0 radical (unpaired) electrons. The first-order chi connectivity index (χ1) is 14.4. The van der Waals surface area contributed by atoms with E-state index in [1.54, 1.807) is 12.3 Å². The van der Waals surface area contributed by atoms with Gasteiger partial charge in [-0.3, -0.25) is 14.5 Å². The van der Waals surface area contributed by atoms with Crippen LogP contribution in [0.1, 0.15) is 26.5 Å². The van der Waals surface area contributed by atoms with E-state index in [0.29, 0.717) is 21.3 Å². The smallest absolute Gasteiger partial charge is 0.325 e. The summed E-state index contributed by atoms with van der Waals surface area (Å²) in [6, 6.07) is 4.71. The lowest BCUT2D eigenvalue weighted by atomic mass is 10.0. The van der Waals surface area contributed by atoms with E-state index in [0.717, 1.165) is 16.7 Å². The van der Waals surface area contributed by atoms with Crippen molar-refractivity contribution in [2.24, 2.45) is 0 Å². The Hall–Kier alpha value is -3.73. The van der Waals surface area contributed by atoms with Gasteiger partial charge in [0, 0.05) is 24.2 Å². The number of rotatable bonds is 5. The molecule has 1 amide bonds. The molecule has 3 heterocycles. The standard InChI is InChI=1S/C19H14F2N6O2S/c1-10-6-12(20)16(13(21)7-10)17(28)11-3-5-27(9-11)19(29)22-8-15-25-26-18(30-15)14-2-4-23-24-14/h2-7,9H,8H2,1H3,(H,22,29)(H,23,24). The van der Waals surface area contributed by atoms with Gasteiger partial charge in [0.1, 0.15) is 16.6 Å². The Kier molecular flexibility index (Phi) is 5.19. The Balaban J connectivity index is 1.44. The van der Waals surface area contributed by atoms with Gasteiger partial charge in [0.25, 0.3) is 0 Å². The van der Waals surface area contributed by atoms with Crippen molar-refractivity contribution in [3.63, 3.8) is 0 Å². The number of aromatic nitrogens is 5. The predicted molar refractivity (Wildman–Crippen MR) is 104 cm³/mol. The van der Waals surface area contributed by atoms with E-state index in [9.17, 15) is 18.4 Å². The third-order valence-electron chi connectivity index (χ3n) is 4.19. The van der Waals surface area contributed by atoms with Crippen LogP contribution in [0, 0.1) is 18.6 Å². The second kappa shape index (κ2) is 7.95. The molecule has 0 spiro atoms. The van der Waals surface area contributed by atoms with Gasteiger partial charge < -0.3 is 5.32 Å². The van der Waals surface area contributed by atoms with E-state index in [1.807, 2.05) is 0 Å². The zero-order valence-corrected chi connectivity index (χ0v) is 16.3. The molecule has 4 aromatic rings. The molecule has 0 bridgehead atoms. The third kappa shape index (κ3) is 3.87. The van der Waals surface area contributed by atoms with Gasteiger partial charge in [0.2, 0.25) is 0 Å². The van der Waals surface area contributed by atoms with Gasteiger partial charge in [-0.1, -0.05) is 11.3 Å². The maximum atomic E-state index is 14.1. The molecule has 30 heavy (non-hydrogen) atoms. The highest BCUT2D eigenvalue weighted by Crippen LogP contribution is 2.21. The molecule has 0 aliphatic carbocycles. The maximum Gasteiger partial charge on any atom is 0.325 e. The van der Waals surface area contributed by atoms with E-state index in [-0.39, 0.29) is 12.1 Å². The van der Waals surface area contributed by atoms with Gasteiger partial charge in [-0.15, -0.1) is 10.2 Å². The van der Waals surface area contributed by atoms with Crippen LogP contribution in [-0.4, -0.2) is 36.8 Å². The topological polar surface area (TPSA) is 106 Å². The summed E-state index contributed by atoms with van der Waals surface area (Å²) in [6.07, 6.45) is 4.15. The van der Waals surface area contributed by atoms with Crippen molar-refractivity contribution in [1.82, 2.24) is 30.3 Å². The number of H-pyrrole nitrogens is 1. The van der Waals surface area contributed by atoms with Gasteiger partial charge in [-0.05, 0) is 36.8 Å². The minimum atomic E-state index is -0.945. The van der Waals surface area contributed by atoms with Crippen LogP contribution in [0.4, 0.5) is 13.6 Å². The van der Waals surface area contributed by atoms with Gasteiger partial charge >= 0.3 is 6.03 Å². The highest BCUT2D eigenvalue weighted by molar-refractivity contribution is 7.14. The van der Waals surface area contributed by atoms with Gasteiger partial charge in [0.05, 0.1) is 17.8 Å². The van der Waals surface area contributed by atoms with E-state index < -0.39 is 29.0 Å². The Bertz CT molecular complexity index is 1210. The molecule has 0 saturated carbocycles. The molecule has 2 N–H and O–H groups in total. The summed E-state index contributed by atoms with van der Waals surface area (Å²) in [5.74, 6) is -2.73. The summed E-state index contributed by atoms with van der Waals surface area (Å²) in [5.41, 5.74) is 0.420. The van der Waals surface area contributed by atoms with Crippen LogP contribution in [0.2, 0.25) is 0 Å². The molecule has 0 aliphatic heterocycles. The largest absolute Gasteiger partial charge is 0.331 e. The zero-order chi connectivity index (χ0) is 21.3. The molecule has 0 unspecified atom stereocenters. The number of nitrogens with one attached hydrogen (secondary N) is 2. The number of carbonyl (C=O) groups is 2. The van der Waals surface area contributed by atoms with E-state index >= 15 is 0 Å². The summed E-state index contributed by atoms with van der Waals surface area (Å²) in [4.78, 5) is 24.8. The minimum Gasteiger partial charge on any atom is -0.331 e. The number of amides is 1. The number of nitrogens with zero attached hydrogens (tertiary/aromatic N) is 4. The molecule has 0 fully saturated rings. The molecule has 1 aromatic carbocycles. The van der Waals surface area contributed by atoms with Crippen molar-refractivity contribution in [3.8, 4) is 10.7 Å². The van der Waals surface area contributed by atoms with Crippen molar-refractivity contribution in [2.45, 2.75) is 13.5 Å². The van der Waals surface area contributed by atoms with Gasteiger partial charge in [-0.2, -0.15) is 5.10 Å². The van der Waals surface area contributed by atoms with Crippen LogP contribution < -0.4 is 5.32 Å². The van der Waals surface area contributed by atoms with Crippen molar-refractivity contribution in [1.29, 1.82) is 0 Å². The number of hydrogen-bond donors (Lipinski definition) is 2. The summed E-state index contributed by atoms with van der Waals surface area (Å²) >= 11 is 1.28. The molecule has 8 nitrogen and oxygen atoms in total. The monoisotopic (exact) mass is 428 g/mol. The number of carbonyl (C=O) groups excluding carboxylic acids is 2. The molecular formula is C19H14F2N6O2S. The SMILES string of the molecule is Cc1cc(F)c(C(=O)c2ccn(C(=O)NCc3nnc(-c4ccn[nH]4)s3)c2)c(F)c1. The van der Waals surface area contributed by atoms with E-state index in [1.165, 1.54) is 36.7 Å². The van der Waals surface area contributed by atoms with Crippen LogP contribution in [0.15, 0.2) is 42.9 Å². The second-order valence-electron chi connectivity index (χ2n) is 6.37. The number of aryl methyl sites for hydroxylation is 1. The highest BCUT2D eigenvalue weighted by Gasteiger charge is 2.21. The lowest BCUT2D eigenvalue weighted by Gasteiger charge is -2.05. The average molecular weight is 428 g/mol. The molecule has 152 valence electrons. The lowest BCUT2D eigenvalue weighted by Crippen LogP contribution is -2.27. The summed E-state index contributed by atoms with van der Waals surface area (Å²) in [6.45, 7) is 1.64. The number of hydrogen-bond acceptors (Lipinski definition) is 6. The lowest BCUT2D eigenvalue weighted by molar-refractivity contribution is 0.103. The highest BCUT2D eigenvalue weighted by atomic mass is 32.1. The van der Waals surface area contributed by atoms with E-state index in [4.69, 9.17) is 0 Å². The van der Waals surface area contributed by atoms with Crippen LogP contribution in [0.3, 0.4) is 0 Å². The number of ketones is 1. The molecule has 0 aliphatic rings. The number of halogens is 2. The van der Waals surface area contributed by atoms with Crippen molar-refractivity contribution in [3.05, 3.63) is 76.2 Å². The van der Waals surface area contributed by atoms with E-state index in [2.05, 4.69) is 25.7 Å². The van der Waals surface area contributed by atoms with Crippen LogP contribution in [0.5, 0.6) is 0 Å². The van der Waals surface area contributed by atoms with Gasteiger partial charge in [0.15, 0.2) is 10.8 Å². The van der Waals surface area contributed by atoms with Crippen molar-refractivity contribution >= 4 is 23.2 Å². The predicted octanol–water partition coefficient (Wildman–Crippen LogP) is 3.31. The summed E-state index contributed by atoms with van der Waals surface area (Å²) in [5, 5.41) is 18.5. The van der Waals surface area contributed by atoms with Gasteiger partial charge in [-0.25, -0.2) is 13.6 Å². The Morgan fingerprint density at radius 1 is 1.20 bits per heavy atom. The molecule has 4 rings (SSSR count). The molecule has 3 aromatic heterocycles. The molecule has 0 atom stereocenters. The van der Waals surface area contributed by atoms with Crippen LogP contribution in [-0.2, 0) is 6.54 Å². The number of benzene rings is 1. The quantitative estimate of drug-likeness (QED) is 0.475. The first-order valence-electron chi connectivity index (χ1n) is 8.71. The van der Waals surface area contributed by atoms with Crippen molar-refractivity contribution in [2.75, 3.05) is 0 Å². The van der Waals surface area contributed by atoms with Crippen LogP contribution in [0.25, 0.3) is 10.7 Å². The molecular weight excluding hydrogens is 414 g/mol. The number of aromatic amines is 1. The molecule has 11 heteroatoms. The third-order valence-corrected chi connectivity index (χ3v) is 5.15. The maximum absolute atomic E-state index is 14.1. The fraction of sp³-hybridized carbons (Fsp3) is 0.105. The average Bonchev–Trinajstić information content (AvgIpc) is 3.46. The first kappa shape index (κ1) is 19.6. The Morgan fingerprint density at radius 3 is 2.67 bits per heavy atom. The summed E-state index contributed by atoms with van der Waals surface area (Å²) in [7, 11) is 0. The Morgan fingerprint density at radius 2 is 1.97 bits per heavy atom. The second-order valence-corrected chi connectivity index (χ2v) is 7.43. The van der Waals surface area contributed by atoms with Crippen molar-refractivity contribution < 1.29 is 18.4 Å². The fourth-order valence-electron chi connectivity index (χ4n) is 2.77.